The fourth-order valence-electron chi connectivity index (χ4n) is 4.50. The molecule has 5 aromatic rings. The number of rotatable bonds is 6. The number of esters is 1. The number of hydrogen-bond acceptors (Lipinski definition) is 2. The second kappa shape index (κ2) is 10.8. The first-order chi connectivity index (χ1) is 18.4. The Morgan fingerprint density at radius 2 is 1.37 bits per heavy atom. The Morgan fingerprint density at radius 3 is 1.97 bits per heavy atom. The lowest BCUT2D eigenvalue weighted by atomic mass is 9.95. The molecule has 5 rings (SSSR count). The van der Waals surface area contributed by atoms with Gasteiger partial charge in [-0.05, 0) is 58.4 Å². The van der Waals surface area contributed by atoms with Gasteiger partial charge in [-0.15, -0.1) is 0 Å². The van der Waals surface area contributed by atoms with Crippen LogP contribution in [-0.4, -0.2) is 5.97 Å². The average molecular weight is 529 g/mol. The van der Waals surface area contributed by atoms with Gasteiger partial charge >= 0.3 is 12.1 Å². The lowest BCUT2D eigenvalue weighted by Gasteiger charge is -2.25. The molecular weight excluding hydrogens is 504 g/mol. The highest BCUT2D eigenvalue weighted by atomic mass is 31.1. The first-order valence-corrected chi connectivity index (χ1v) is 13.5. The largest absolute Gasteiger partial charge is 0.426 e. The Labute approximate surface area is 220 Å². The molecule has 0 bridgehead atoms. The minimum absolute atomic E-state index is 0.141. The van der Waals surface area contributed by atoms with E-state index < -0.39 is 25.6 Å². The fourth-order valence-corrected chi connectivity index (χ4v) is 6.93. The van der Waals surface area contributed by atoms with Crippen LogP contribution in [0.1, 0.15) is 18.9 Å². The molecule has 0 atom stereocenters. The third kappa shape index (κ3) is 5.20. The van der Waals surface area contributed by atoms with Crippen LogP contribution in [0.3, 0.4) is 0 Å². The lowest BCUT2D eigenvalue weighted by Crippen LogP contribution is -2.23. The number of carbonyl (C=O) groups excluding carboxylic acids is 1. The smallest absolute Gasteiger partial charge is 0.416 e. The van der Waals surface area contributed by atoms with Crippen LogP contribution in [0.15, 0.2) is 115 Å². The van der Waals surface area contributed by atoms with Crippen molar-refractivity contribution in [2.24, 2.45) is 0 Å². The van der Waals surface area contributed by atoms with E-state index in [1.165, 1.54) is 6.07 Å². The van der Waals surface area contributed by atoms with Gasteiger partial charge in [0.2, 0.25) is 0 Å². The molecular formula is C32H24F3O2P. The zero-order chi connectivity index (χ0) is 26.7. The molecule has 0 heterocycles. The third-order valence-corrected chi connectivity index (χ3v) is 8.77. The molecule has 2 nitrogen and oxygen atoms in total. The molecule has 5 aromatic carbocycles. The molecule has 0 spiro atoms. The van der Waals surface area contributed by atoms with Crippen LogP contribution in [0.2, 0.25) is 0 Å². The number of halogens is 3. The zero-order valence-corrected chi connectivity index (χ0v) is 21.5. The summed E-state index contributed by atoms with van der Waals surface area (Å²) in [6.45, 7) is 1.68. The molecule has 0 fully saturated rings. The lowest BCUT2D eigenvalue weighted by molar-refractivity contribution is -0.137. The second-order valence-electron chi connectivity index (χ2n) is 8.72. The molecule has 0 N–H and O–H groups in total. The van der Waals surface area contributed by atoms with E-state index in [1.54, 1.807) is 19.1 Å². The summed E-state index contributed by atoms with van der Waals surface area (Å²) >= 11 is 0. The maximum atomic E-state index is 14.1. The highest BCUT2D eigenvalue weighted by Gasteiger charge is 2.33. The van der Waals surface area contributed by atoms with E-state index in [9.17, 15) is 18.0 Å². The molecule has 0 saturated heterocycles. The van der Waals surface area contributed by atoms with Gasteiger partial charge in [-0.1, -0.05) is 104 Å². The maximum Gasteiger partial charge on any atom is 0.416 e. The SMILES string of the molecule is CCC(=O)Oc1ccc2ccccc2c1-c1cc(C(F)(F)F)ccc1P(c1ccccc1)c1ccccc1. The van der Waals surface area contributed by atoms with Crippen molar-refractivity contribution in [3.63, 3.8) is 0 Å². The van der Waals surface area contributed by atoms with E-state index in [4.69, 9.17) is 4.74 Å². The summed E-state index contributed by atoms with van der Waals surface area (Å²) in [5, 5.41) is 4.30. The second-order valence-corrected chi connectivity index (χ2v) is 10.9. The van der Waals surface area contributed by atoms with Crippen LogP contribution < -0.4 is 20.7 Å². The van der Waals surface area contributed by atoms with Crippen molar-refractivity contribution in [2.75, 3.05) is 0 Å². The quantitative estimate of drug-likeness (QED) is 0.129. The minimum atomic E-state index is -4.54. The van der Waals surface area contributed by atoms with Gasteiger partial charge in [0.1, 0.15) is 5.75 Å². The van der Waals surface area contributed by atoms with Gasteiger partial charge in [0, 0.05) is 12.0 Å². The predicted molar refractivity (Wildman–Crippen MR) is 149 cm³/mol. The van der Waals surface area contributed by atoms with Gasteiger partial charge in [0.05, 0.1) is 5.56 Å². The van der Waals surface area contributed by atoms with Gasteiger partial charge in [-0.2, -0.15) is 13.2 Å². The Bertz CT molecular complexity index is 1540. The monoisotopic (exact) mass is 528 g/mol. The van der Waals surface area contributed by atoms with Crippen LogP contribution in [0.25, 0.3) is 21.9 Å². The molecule has 0 aliphatic heterocycles. The number of ether oxygens (including phenoxy) is 1. The van der Waals surface area contributed by atoms with E-state index in [-0.39, 0.29) is 12.2 Å². The molecule has 0 saturated carbocycles. The van der Waals surface area contributed by atoms with Crippen molar-refractivity contribution in [2.45, 2.75) is 19.5 Å². The summed E-state index contributed by atoms with van der Waals surface area (Å²) < 4.78 is 47.9. The molecule has 6 heteroatoms. The third-order valence-electron chi connectivity index (χ3n) is 6.27. The van der Waals surface area contributed by atoms with E-state index in [0.717, 1.165) is 27.4 Å². The normalized spacial score (nSPS) is 11.6. The Kier molecular flexibility index (Phi) is 7.31. The number of carbonyl (C=O) groups is 1. The maximum absolute atomic E-state index is 14.1. The summed E-state index contributed by atoms with van der Waals surface area (Å²) in [5.74, 6) is -0.212. The molecule has 38 heavy (non-hydrogen) atoms. The van der Waals surface area contributed by atoms with E-state index in [1.807, 2.05) is 91.0 Å². The van der Waals surface area contributed by atoms with Crippen LogP contribution in [-0.2, 0) is 11.0 Å². The van der Waals surface area contributed by atoms with E-state index in [2.05, 4.69) is 0 Å². The topological polar surface area (TPSA) is 26.3 Å². The minimum Gasteiger partial charge on any atom is -0.426 e. The number of benzene rings is 5. The van der Waals surface area contributed by atoms with Gasteiger partial charge in [0.25, 0.3) is 0 Å². The van der Waals surface area contributed by atoms with Crippen LogP contribution in [0.5, 0.6) is 5.75 Å². The van der Waals surface area contributed by atoms with Crippen molar-refractivity contribution in [3.05, 3.63) is 121 Å². The number of fused-ring (bicyclic) bond motifs is 1. The molecule has 0 amide bonds. The summed E-state index contributed by atoms with van der Waals surface area (Å²) in [5.41, 5.74) is 0.118. The Hall–Kier alpha value is -3.95. The number of alkyl halides is 3. The molecule has 0 unspecified atom stereocenters. The van der Waals surface area contributed by atoms with Gasteiger partial charge in [-0.25, -0.2) is 0 Å². The number of hydrogen-bond donors (Lipinski definition) is 0. The first-order valence-electron chi connectivity index (χ1n) is 12.2. The van der Waals surface area contributed by atoms with Gasteiger partial charge in [-0.3, -0.25) is 4.79 Å². The zero-order valence-electron chi connectivity index (χ0n) is 20.6. The molecule has 0 aliphatic carbocycles. The van der Waals surface area contributed by atoms with Crippen molar-refractivity contribution < 1.29 is 22.7 Å². The first kappa shape index (κ1) is 25.7. The average Bonchev–Trinajstić information content (AvgIpc) is 2.94. The van der Waals surface area contributed by atoms with Gasteiger partial charge < -0.3 is 4.74 Å². The summed E-state index contributed by atoms with van der Waals surface area (Å²) in [4.78, 5) is 12.4. The van der Waals surface area contributed by atoms with Gasteiger partial charge in [0.15, 0.2) is 0 Å². The van der Waals surface area contributed by atoms with E-state index >= 15 is 0 Å². The summed E-state index contributed by atoms with van der Waals surface area (Å²) in [6.07, 6.45) is -4.40. The summed E-state index contributed by atoms with van der Waals surface area (Å²) in [6, 6.07) is 34.4. The van der Waals surface area contributed by atoms with Crippen molar-refractivity contribution in [3.8, 4) is 16.9 Å². The summed E-state index contributed by atoms with van der Waals surface area (Å²) in [7, 11) is -1.24. The van der Waals surface area contributed by atoms with Crippen molar-refractivity contribution in [1.29, 1.82) is 0 Å². The van der Waals surface area contributed by atoms with Crippen LogP contribution in [0, 0.1) is 0 Å². The van der Waals surface area contributed by atoms with Crippen LogP contribution >= 0.6 is 7.92 Å². The predicted octanol–water partition coefficient (Wildman–Crippen LogP) is 7.60. The highest BCUT2D eigenvalue weighted by molar-refractivity contribution is 7.80. The van der Waals surface area contributed by atoms with E-state index in [0.29, 0.717) is 16.5 Å². The molecule has 190 valence electrons. The molecule has 0 radical (unpaired) electrons. The fraction of sp³-hybridized carbons (Fsp3) is 0.0938. The van der Waals surface area contributed by atoms with Crippen molar-refractivity contribution >= 4 is 40.6 Å². The molecule has 0 aliphatic rings. The Morgan fingerprint density at radius 1 is 0.763 bits per heavy atom. The van der Waals surface area contributed by atoms with Crippen LogP contribution in [0.4, 0.5) is 13.2 Å². The highest BCUT2D eigenvalue weighted by Crippen LogP contribution is 2.44. The Balaban J connectivity index is 1.88. The standard InChI is InChI=1S/C32H24F3O2P/c1-2-30(36)37-28-19-17-22-11-9-10-16-26(22)31(28)27-21-23(32(33,34)35)18-20-29(27)38(24-12-5-3-6-13-24)25-14-7-4-8-15-25/h3-21H,2H2,1H3. The van der Waals surface area contributed by atoms with Crippen molar-refractivity contribution in [1.82, 2.24) is 0 Å². The molecule has 0 aromatic heterocycles.